The topological polar surface area (TPSA) is 83.7 Å². The van der Waals surface area contributed by atoms with Crippen molar-refractivity contribution in [1.82, 2.24) is 9.21 Å². The predicted molar refractivity (Wildman–Crippen MR) is 89.2 cm³/mol. The van der Waals surface area contributed by atoms with E-state index in [4.69, 9.17) is 5.73 Å². The minimum Gasteiger partial charge on any atom is -0.340 e. The van der Waals surface area contributed by atoms with Gasteiger partial charge in [-0.15, -0.1) is 0 Å². The second-order valence-corrected chi connectivity index (χ2v) is 8.24. The van der Waals surface area contributed by atoms with Gasteiger partial charge in [-0.3, -0.25) is 4.79 Å². The van der Waals surface area contributed by atoms with Crippen molar-refractivity contribution >= 4 is 15.9 Å². The van der Waals surface area contributed by atoms with Crippen molar-refractivity contribution < 1.29 is 17.6 Å². The van der Waals surface area contributed by atoms with Gasteiger partial charge in [-0.2, -0.15) is 4.31 Å². The molecular weight excluding hydrogens is 333 g/mol. The van der Waals surface area contributed by atoms with Crippen LogP contribution in [0.2, 0.25) is 0 Å². The van der Waals surface area contributed by atoms with E-state index >= 15 is 0 Å². The summed E-state index contributed by atoms with van der Waals surface area (Å²) in [6.45, 7) is 5.07. The third kappa shape index (κ3) is 4.12. The molecule has 2 rings (SSSR count). The molecule has 0 spiro atoms. The fourth-order valence-electron chi connectivity index (χ4n) is 2.61. The summed E-state index contributed by atoms with van der Waals surface area (Å²) in [5.41, 5.74) is 5.91. The maximum atomic E-state index is 13.0. The zero-order valence-corrected chi connectivity index (χ0v) is 14.8. The second kappa shape index (κ2) is 7.58. The molecule has 1 saturated heterocycles. The van der Waals surface area contributed by atoms with Gasteiger partial charge in [-0.1, -0.05) is 13.8 Å². The molecule has 0 radical (unpaired) electrons. The molecule has 1 amide bonds. The largest absolute Gasteiger partial charge is 0.340 e. The van der Waals surface area contributed by atoms with Crippen LogP contribution in [0.25, 0.3) is 0 Å². The van der Waals surface area contributed by atoms with Crippen LogP contribution >= 0.6 is 0 Å². The van der Waals surface area contributed by atoms with Gasteiger partial charge in [0.1, 0.15) is 5.82 Å². The van der Waals surface area contributed by atoms with E-state index in [-0.39, 0.29) is 23.3 Å². The Balaban J connectivity index is 2.10. The second-order valence-electron chi connectivity index (χ2n) is 6.31. The molecule has 1 fully saturated rings. The Morgan fingerprint density at radius 3 is 2.33 bits per heavy atom. The van der Waals surface area contributed by atoms with Crippen LogP contribution in [0.4, 0.5) is 4.39 Å². The van der Waals surface area contributed by atoms with Crippen LogP contribution in [-0.2, 0) is 14.8 Å². The summed E-state index contributed by atoms with van der Waals surface area (Å²) in [6.07, 6.45) is 0.539. The number of rotatable bonds is 4. The maximum Gasteiger partial charge on any atom is 0.243 e. The van der Waals surface area contributed by atoms with Crippen LogP contribution in [0.1, 0.15) is 20.3 Å². The van der Waals surface area contributed by atoms with E-state index in [1.54, 1.807) is 4.90 Å². The first-order chi connectivity index (χ1) is 11.2. The molecule has 0 aromatic heterocycles. The van der Waals surface area contributed by atoms with Gasteiger partial charge in [0.2, 0.25) is 15.9 Å². The lowest BCUT2D eigenvalue weighted by molar-refractivity contribution is -0.133. The first-order valence-electron chi connectivity index (χ1n) is 8.03. The van der Waals surface area contributed by atoms with Crippen LogP contribution in [0.5, 0.6) is 0 Å². The zero-order chi connectivity index (χ0) is 17.9. The number of halogens is 1. The van der Waals surface area contributed by atoms with Gasteiger partial charge < -0.3 is 10.6 Å². The highest BCUT2D eigenvalue weighted by atomic mass is 32.2. The quantitative estimate of drug-likeness (QED) is 0.872. The molecule has 8 heteroatoms. The van der Waals surface area contributed by atoms with Gasteiger partial charge in [0, 0.05) is 26.2 Å². The van der Waals surface area contributed by atoms with E-state index in [0.717, 1.165) is 12.1 Å². The van der Waals surface area contributed by atoms with Gasteiger partial charge in [-0.25, -0.2) is 12.8 Å². The Kier molecular flexibility index (Phi) is 5.95. The zero-order valence-electron chi connectivity index (χ0n) is 14.0. The average molecular weight is 357 g/mol. The third-order valence-corrected chi connectivity index (χ3v) is 6.13. The number of carbonyl (C=O) groups is 1. The van der Waals surface area contributed by atoms with Crippen molar-refractivity contribution in [2.75, 3.05) is 26.2 Å². The molecule has 1 atom stereocenters. The van der Waals surface area contributed by atoms with E-state index in [0.29, 0.717) is 26.1 Å². The number of sulfonamides is 1. The van der Waals surface area contributed by atoms with E-state index in [9.17, 15) is 17.6 Å². The molecule has 1 aliphatic rings. The molecule has 1 aromatic carbocycles. The van der Waals surface area contributed by atoms with Crippen LogP contribution in [0.15, 0.2) is 29.2 Å². The van der Waals surface area contributed by atoms with Crippen LogP contribution in [0, 0.1) is 11.7 Å². The molecule has 0 bridgehead atoms. The standard InChI is InChI=1S/C16H24FN3O3S/c1-12(2)15(18)16(21)19-8-3-9-20(11-10-19)24(22,23)14-6-4-13(17)5-7-14/h4-7,12,15H,3,8-11,18H2,1-2H3/t15-/m0/s1. The van der Waals surface area contributed by atoms with Crippen molar-refractivity contribution in [3.63, 3.8) is 0 Å². The summed E-state index contributed by atoms with van der Waals surface area (Å²) in [6, 6.07) is 4.19. The molecule has 24 heavy (non-hydrogen) atoms. The minimum absolute atomic E-state index is 0.0276. The normalized spacial score (nSPS) is 18.5. The molecule has 1 aliphatic heterocycles. The van der Waals surface area contributed by atoms with Crippen molar-refractivity contribution in [1.29, 1.82) is 0 Å². The maximum absolute atomic E-state index is 13.0. The summed E-state index contributed by atoms with van der Waals surface area (Å²) in [7, 11) is -3.69. The van der Waals surface area contributed by atoms with Gasteiger partial charge in [0.05, 0.1) is 10.9 Å². The molecule has 6 nitrogen and oxygen atoms in total. The highest BCUT2D eigenvalue weighted by Gasteiger charge is 2.30. The van der Waals surface area contributed by atoms with Crippen molar-refractivity contribution in [3.05, 3.63) is 30.1 Å². The van der Waals surface area contributed by atoms with Crippen molar-refractivity contribution in [3.8, 4) is 0 Å². The first-order valence-corrected chi connectivity index (χ1v) is 9.47. The first kappa shape index (κ1) is 18.8. The Bertz CT molecular complexity index is 676. The molecule has 0 unspecified atom stereocenters. The Labute approximate surface area is 142 Å². The van der Waals surface area contributed by atoms with Gasteiger partial charge in [0.15, 0.2) is 0 Å². The molecule has 1 aromatic rings. The monoisotopic (exact) mass is 357 g/mol. The molecule has 2 N–H and O–H groups in total. The fourth-order valence-corrected chi connectivity index (χ4v) is 4.08. The SMILES string of the molecule is CC(C)[C@H](N)C(=O)N1CCCN(S(=O)(=O)c2ccc(F)cc2)CC1. The van der Waals surface area contributed by atoms with Crippen LogP contribution in [0.3, 0.4) is 0 Å². The third-order valence-electron chi connectivity index (χ3n) is 4.22. The highest BCUT2D eigenvalue weighted by molar-refractivity contribution is 7.89. The number of benzene rings is 1. The molecule has 0 aliphatic carbocycles. The molecular formula is C16H24FN3O3S. The van der Waals surface area contributed by atoms with Gasteiger partial charge >= 0.3 is 0 Å². The average Bonchev–Trinajstić information content (AvgIpc) is 2.80. The number of amides is 1. The molecule has 1 heterocycles. The lowest BCUT2D eigenvalue weighted by atomic mass is 10.0. The summed E-state index contributed by atoms with van der Waals surface area (Å²) in [4.78, 5) is 14.0. The summed E-state index contributed by atoms with van der Waals surface area (Å²) in [5, 5.41) is 0. The number of hydrogen-bond acceptors (Lipinski definition) is 4. The van der Waals surface area contributed by atoms with Crippen LogP contribution < -0.4 is 5.73 Å². The lowest BCUT2D eigenvalue weighted by Crippen LogP contribution is -2.47. The number of hydrogen-bond donors (Lipinski definition) is 1. The summed E-state index contributed by atoms with van der Waals surface area (Å²) in [5.74, 6) is -0.602. The molecule has 0 saturated carbocycles. The highest BCUT2D eigenvalue weighted by Crippen LogP contribution is 2.18. The Morgan fingerprint density at radius 1 is 1.12 bits per heavy atom. The minimum atomic E-state index is -3.69. The summed E-state index contributed by atoms with van der Waals surface area (Å²) >= 11 is 0. The molecule has 134 valence electrons. The van der Waals surface area contributed by atoms with Gasteiger partial charge in [-0.05, 0) is 36.6 Å². The summed E-state index contributed by atoms with van der Waals surface area (Å²) < 4.78 is 39.6. The predicted octanol–water partition coefficient (Wildman–Crippen LogP) is 1.03. The smallest absolute Gasteiger partial charge is 0.243 e. The van der Waals surface area contributed by atoms with Crippen molar-refractivity contribution in [2.24, 2.45) is 11.7 Å². The lowest BCUT2D eigenvalue weighted by Gasteiger charge is -2.26. The number of nitrogens with zero attached hydrogens (tertiary/aromatic N) is 2. The fraction of sp³-hybridized carbons (Fsp3) is 0.562. The number of nitrogens with two attached hydrogens (primary N) is 1. The van der Waals surface area contributed by atoms with E-state index in [1.165, 1.54) is 16.4 Å². The van der Waals surface area contributed by atoms with Crippen LogP contribution in [-0.4, -0.2) is 55.8 Å². The van der Waals surface area contributed by atoms with E-state index < -0.39 is 21.9 Å². The van der Waals surface area contributed by atoms with E-state index in [1.807, 2.05) is 13.8 Å². The Morgan fingerprint density at radius 2 is 1.75 bits per heavy atom. The Hall–Kier alpha value is -1.51. The number of carbonyl (C=O) groups excluding carboxylic acids is 1. The van der Waals surface area contributed by atoms with E-state index in [2.05, 4.69) is 0 Å². The van der Waals surface area contributed by atoms with Crippen molar-refractivity contribution in [2.45, 2.75) is 31.2 Å². The van der Waals surface area contributed by atoms with Gasteiger partial charge in [0.25, 0.3) is 0 Å².